The van der Waals surface area contributed by atoms with Gasteiger partial charge in [0.25, 0.3) is 5.91 Å². The van der Waals surface area contributed by atoms with Crippen LogP contribution in [0.4, 0.5) is 21.9 Å². The third-order valence-electron chi connectivity index (χ3n) is 7.13. The Balaban J connectivity index is 1.28. The average molecular weight is 557 g/mol. The van der Waals surface area contributed by atoms with E-state index in [4.69, 9.17) is 4.74 Å². The Morgan fingerprint density at radius 2 is 1.85 bits per heavy atom. The summed E-state index contributed by atoms with van der Waals surface area (Å²) >= 11 is 1.25. The molecule has 4 amide bonds. The summed E-state index contributed by atoms with van der Waals surface area (Å²) in [5.41, 5.74) is 2.48. The number of hydrogen-bond donors (Lipinski definition) is 3. The lowest BCUT2D eigenvalue weighted by Gasteiger charge is -2.30. The fourth-order valence-corrected chi connectivity index (χ4v) is 6.42. The molecular formula is C29H28N6O4S. The predicted molar refractivity (Wildman–Crippen MR) is 154 cm³/mol. The fourth-order valence-electron chi connectivity index (χ4n) is 5.40. The second-order valence-electron chi connectivity index (χ2n) is 10.0. The van der Waals surface area contributed by atoms with Crippen molar-refractivity contribution < 1.29 is 19.1 Å². The molecule has 10 nitrogen and oxygen atoms in total. The van der Waals surface area contributed by atoms with Gasteiger partial charge >= 0.3 is 6.03 Å². The van der Waals surface area contributed by atoms with E-state index in [0.717, 1.165) is 24.8 Å². The number of nitrogens with zero attached hydrogens (tertiary/aromatic N) is 3. The number of carbonyl (C=O) groups is 3. The van der Waals surface area contributed by atoms with Gasteiger partial charge in [-0.05, 0) is 56.4 Å². The summed E-state index contributed by atoms with van der Waals surface area (Å²) in [5.74, 6) is 0.761. The summed E-state index contributed by atoms with van der Waals surface area (Å²) in [6, 6.07) is 12.5. The summed E-state index contributed by atoms with van der Waals surface area (Å²) in [6.07, 6.45) is 6.56. The van der Waals surface area contributed by atoms with Crippen molar-refractivity contribution in [2.75, 3.05) is 10.2 Å². The minimum absolute atomic E-state index is 0.0418. The van der Waals surface area contributed by atoms with Gasteiger partial charge < -0.3 is 20.7 Å². The van der Waals surface area contributed by atoms with Crippen molar-refractivity contribution in [3.63, 3.8) is 0 Å². The topological polar surface area (TPSA) is 126 Å². The number of aromatic nitrogens is 2. The molecule has 6 rings (SSSR count). The molecule has 0 radical (unpaired) electrons. The van der Waals surface area contributed by atoms with Gasteiger partial charge in [0.2, 0.25) is 11.8 Å². The van der Waals surface area contributed by atoms with Crippen LogP contribution in [-0.2, 0) is 4.79 Å². The average Bonchev–Trinajstić information content (AvgIpc) is 3.29. The van der Waals surface area contributed by atoms with E-state index in [1.54, 1.807) is 29.4 Å². The molecule has 204 valence electrons. The van der Waals surface area contributed by atoms with E-state index >= 15 is 0 Å². The van der Waals surface area contributed by atoms with E-state index < -0.39 is 6.03 Å². The molecule has 0 spiro atoms. The lowest BCUT2D eigenvalue weighted by Crippen LogP contribution is -2.45. The molecule has 11 heteroatoms. The van der Waals surface area contributed by atoms with Crippen LogP contribution in [0, 0.1) is 6.92 Å². The number of thiophene rings is 1. The molecule has 40 heavy (non-hydrogen) atoms. The molecule has 1 aliphatic carbocycles. The lowest BCUT2D eigenvalue weighted by atomic mass is 9.91. The van der Waals surface area contributed by atoms with Crippen LogP contribution in [0.5, 0.6) is 11.6 Å². The van der Waals surface area contributed by atoms with Gasteiger partial charge in [0, 0.05) is 31.3 Å². The highest BCUT2D eigenvalue weighted by Crippen LogP contribution is 2.46. The smallest absolute Gasteiger partial charge is 0.331 e. The van der Waals surface area contributed by atoms with Crippen LogP contribution in [0.15, 0.2) is 54.9 Å². The number of anilines is 3. The van der Waals surface area contributed by atoms with Gasteiger partial charge in [-0.3, -0.25) is 14.5 Å². The molecule has 3 aromatic heterocycles. The standard InChI is InChI=1S/C29H28N6O4S/c1-16-13-23(39-20-9-4-3-5-10-20)31-15-22(16)35-21-11-12-30-28-24(21)25(34-29(35)38)26(40-28)27(37)33-19-8-6-7-18(14-19)32-17(2)36/h3-5,9-13,15,18-19H,6-8,14H2,1-2H3,(H,32,36)(H,33,37)(H,34,38)/t18-,19+/m0/s1. The van der Waals surface area contributed by atoms with Crippen LogP contribution in [-0.4, -0.2) is 39.9 Å². The van der Waals surface area contributed by atoms with E-state index in [0.29, 0.717) is 50.2 Å². The Morgan fingerprint density at radius 1 is 1.07 bits per heavy atom. The quantitative estimate of drug-likeness (QED) is 0.282. The van der Waals surface area contributed by atoms with Crippen LogP contribution in [0.1, 0.15) is 47.8 Å². The second-order valence-corrected chi connectivity index (χ2v) is 11.0. The van der Waals surface area contributed by atoms with Crippen molar-refractivity contribution in [3.8, 4) is 11.6 Å². The zero-order valence-electron chi connectivity index (χ0n) is 22.1. The zero-order valence-corrected chi connectivity index (χ0v) is 22.9. The van der Waals surface area contributed by atoms with E-state index in [1.165, 1.54) is 18.3 Å². The molecule has 2 atom stereocenters. The van der Waals surface area contributed by atoms with Gasteiger partial charge in [-0.15, -0.1) is 11.3 Å². The SMILES string of the molecule is CC(=O)N[C@H]1CCC[C@@H](NC(=O)c2sc3nccc4c3c2NC(=O)N4c2cnc(Oc3ccccc3)cc2C)C1. The Bertz CT molecular complexity index is 1620. The maximum atomic E-state index is 13.5. The van der Waals surface area contributed by atoms with Crippen molar-refractivity contribution in [1.29, 1.82) is 0 Å². The van der Waals surface area contributed by atoms with Crippen molar-refractivity contribution in [1.82, 2.24) is 20.6 Å². The highest BCUT2D eigenvalue weighted by atomic mass is 32.1. The van der Waals surface area contributed by atoms with Gasteiger partial charge in [0.15, 0.2) is 0 Å². The number of rotatable bonds is 6. The molecule has 2 aliphatic rings. The van der Waals surface area contributed by atoms with Crippen molar-refractivity contribution in [2.45, 2.75) is 51.6 Å². The van der Waals surface area contributed by atoms with Crippen LogP contribution in [0.3, 0.4) is 0 Å². The molecule has 0 saturated heterocycles. The van der Waals surface area contributed by atoms with Crippen molar-refractivity contribution in [2.24, 2.45) is 0 Å². The number of nitrogens with one attached hydrogen (secondary N) is 3. The number of pyridine rings is 2. The summed E-state index contributed by atoms with van der Waals surface area (Å²) < 4.78 is 5.86. The number of aryl methyl sites for hydroxylation is 1. The largest absolute Gasteiger partial charge is 0.439 e. The number of amides is 4. The highest BCUT2D eigenvalue weighted by Gasteiger charge is 2.34. The Morgan fingerprint density at radius 3 is 2.60 bits per heavy atom. The van der Waals surface area contributed by atoms with Crippen LogP contribution < -0.4 is 25.6 Å². The third-order valence-corrected chi connectivity index (χ3v) is 8.23. The normalized spacial score (nSPS) is 18.2. The fraction of sp³-hybridized carbons (Fsp3) is 0.276. The first-order chi connectivity index (χ1) is 19.4. The van der Waals surface area contributed by atoms with Gasteiger partial charge in [0.1, 0.15) is 15.5 Å². The first kappa shape index (κ1) is 25.8. The Kier molecular flexibility index (Phi) is 6.81. The summed E-state index contributed by atoms with van der Waals surface area (Å²) in [6.45, 7) is 3.39. The second kappa shape index (κ2) is 10.6. The molecular weight excluding hydrogens is 528 g/mol. The molecule has 0 bridgehead atoms. The maximum Gasteiger partial charge on any atom is 0.331 e. The maximum absolute atomic E-state index is 13.5. The molecule has 4 heterocycles. The molecule has 1 aliphatic heterocycles. The first-order valence-corrected chi connectivity index (χ1v) is 14.0. The van der Waals surface area contributed by atoms with Crippen LogP contribution in [0.25, 0.3) is 10.2 Å². The number of hydrogen-bond acceptors (Lipinski definition) is 7. The predicted octanol–water partition coefficient (Wildman–Crippen LogP) is 5.65. The van der Waals surface area contributed by atoms with Gasteiger partial charge in [-0.25, -0.2) is 14.8 Å². The van der Waals surface area contributed by atoms with Gasteiger partial charge in [-0.1, -0.05) is 18.2 Å². The minimum Gasteiger partial charge on any atom is -0.439 e. The van der Waals surface area contributed by atoms with E-state index in [2.05, 4.69) is 25.9 Å². The van der Waals surface area contributed by atoms with Gasteiger partial charge in [-0.2, -0.15) is 0 Å². The van der Waals surface area contributed by atoms with Crippen LogP contribution >= 0.6 is 11.3 Å². The molecule has 1 fully saturated rings. The Labute approximate surface area is 234 Å². The number of urea groups is 1. The van der Waals surface area contributed by atoms with E-state index in [-0.39, 0.29) is 23.9 Å². The van der Waals surface area contributed by atoms with E-state index in [1.807, 2.05) is 37.3 Å². The first-order valence-electron chi connectivity index (χ1n) is 13.2. The molecule has 0 unspecified atom stereocenters. The summed E-state index contributed by atoms with van der Waals surface area (Å²) in [5, 5.41) is 9.72. The monoisotopic (exact) mass is 556 g/mol. The third kappa shape index (κ3) is 4.95. The summed E-state index contributed by atoms with van der Waals surface area (Å²) in [7, 11) is 0. The number of ether oxygens (including phenoxy) is 1. The molecule has 1 saturated carbocycles. The number of para-hydroxylation sites is 1. The van der Waals surface area contributed by atoms with E-state index in [9.17, 15) is 14.4 Å². The van der Waals surface area contributed by atoms with Crippen molar-refractivity contribution >= 4 is 56.5 Å². The van der Waals surface area contributed by atoms with Crippen molar-refractivity contribution in [3.05, 3.63) is 65.3 Å². The summed E-state index contributed by atoms with van der Waals surface area (Å²) in [4.78, 5) is 50.0. The Hall–Kier alpha value is -4.51. The lowest BCUT2D eigenvalue weighted by molar-refractivity contribution is -0.119. The molecule has 1 aromatic carbocycles. The minimum atomic E-state index is -0.391. The van der Waals surface area contributed by atoms with Gasteiger partial charge in [0.05, 0.1) is 28.6 Å². The molecule has 4 aromatic rings. The van der Waals surface area contributed by atoms with Crippen LogP contribution in [0.2, 0.25) is 0 Å². The molecule has 3 N–H and O–H groups in total. The zero-order chi connectivity index (χ0) is 27.8. The number of carbonyl (C=O) groups excluding carboxylic acids is 3. The number of benzene rings is 1. The highest BCUT2D eigenvalue weighted by molar-refractivity contribution is 7.21.